The van der Waals surface area contributed by atoms with E-state index in [2.05, 4.69) is 37.4 Å². The van der Waals surface area contributed by atoms with Gasteiger partial charge in [0.05, 0.1) is 7.11 Å². The van der Waals surface area contributed by atoms with Crippen LogP contribution in [0.1, 0.15) is 37.1 Å². The molecule has 0 fully saturated rings. The van der Waals surface area contributed by atoms with E-state index in [0.717, 1.165) is 11.3 Å². The Morgan fingerprint density at radius 3 is 2.31 bits per heavy atom. The molecule has 0 bridgehead atoms. The number of rotatable bonds is 5. The van der Waals surface area contributed by atoms with E-state index in [-0.39, 0.29) is 6.23 Å². The summed E-state index contributed by atoms with van der Waals surface area (Å²) in [6.45, 7) is 4.33. The number of nitrogens with one attached hydrogen (secondary N) is 1. The number of hydrogen-bond donors (Lipinski definition) is 1. The van der Waals surface area contributed by atoms with E-state index in [0.29, 0.717) is 5.92 Å². The van der Waals surface area contributed by atoms with Crippen molar-refractivity contribution in [3.8, 4) is 5.75 Å². The van der Waals surface area contributed by atoms with Gasteiger partial charge in [0.1, 0.15) is 12.0 Å². The van der Waals surface area contributed by atoms with Gasteiger partial charge in [-0.25, -0.2) is 0 Å². The average molecular weight is 223 g/mol. The second kappa shape index (κ2) is 5.87. The summed E-state index contributed by atoms with van der Waals surface area (Å²) in [6, 6.07) is 6.24. The summed E-state index contributed by atoms with van der Waals surface area (Å²) >= 11 is 0. The molecule has 0 aliphatic carbocycles. The van der Waals surface area contributed by atoms with Crippen LogP contribution in [0.4, 0.5) is 0 Å². The van der Waals surface area contributed by atoms with Crippen LogP contribution in [0.3, 0.4) is 0 Å². The Balaban J connectivity index is 3.10. The Labute approximate surface area is 97.8 Å². The molecule has 1 aromatic carbocycles. The van der Waals surface area contributed by atoms with Crippen LogP contribution >= 0.6 is 0 Å². The first-order valence-electron chi connectivity index (χ1n) is 5.52. The normalized spacial score (nSPS) is 12.9. The average Bonchev–Trinajstić information content (AvgIpc) is 2.30. The van der Waals surface area contributed by atoms with Crippen molar-refractivity contribution in [3.63, 3.8) is 0 Å². The van der Waals surface area contributed by atoms with Crippen molar-refractivity contribution in [1.82, 2.24) is 5.32 Å². The first-order valence-corrected chi connectivity index (χ1v) is 5.52. The lowest BCUT2D eigenvalue weighted by molar-refractivity contribution is 0.0786. The minimum absolute atomic E-state index is 0.129. The van der Waals surface area contributed by atoms with E-state index in [1.807, 2.05) is 7.05 Å². The summed E-state index contributed by atoms with van der Waals surface area (Å²) in [4.78, 5) is 0. The number of ether oxygens (including phenoxy) is 2. The summed E-state index contributed by atoms with van der Waals surface area (Å²) in [5.74, 6) is 1.37. The van der Waals surface area contributed by atoms with E-state index >= 15 is 0 Å². The number of benzene rings is 1. The second-order valence-corrected chi connectivity index (χ2v) is 4.06. The zero-order valence-electron chi connectivity index (χ0n) is 10.7. The van der Waals surface area contributed by atoms with Crippen molar-refractivity contribution in [1.29, 1.82) is 0 Å². The molecule has 1 unspecified atom stereocenters. The zero-order chi connectivity index (χ0) is 12.1. The van der Waals surface area contributed by atoms with E-state index in [1.165, 1.54) is 5.56 Å². The van der Waals surface area contributed by atoms with Crippen LogP contribution in [0.25, 0.3) is 0 Å². The van der Waals surface area contributed by atoms with Crippen molar-refractivity contribution < 1.29 is 9.47 Å². The van der Waals surface area contributed by atoms with Crippen LogP contribution in [0.15, 0.2) is 18.2 Å². The molecular formula is C13H21NO2. The quantitative estimate of drug-likeness (QED) is 0.778. The molecule has 16 heavy (non-hydrogen) atoms. The molecule has 0 heterocycles. The maximum Gasteiger partial charge on any atom is 0.137 e. The highest BCUT2D eigenvalue weighted by Gasteiger charge is 2.14. The van der Waals surface area contributed by atoms with Gasteiger partial charge in [-0.2, -0.15) is 0 Å². The molecule has 3 heteroatoms. The minimum Gasteiger partial charge on any atom is -0.496 e. The van der Waals surface area contributed by atoms with E-state index < -0.39 is 0 Å². The maximum absolute atomic E-state index is 5.40. The standard InChI is InChI=1S/C13H21NO2/c1-9(2)10-6-7-11(12(8-10)15-4)13(14-3)16-5/h6-9,13-14H,1-5H3. The molecular weight excluding hydrogens is 202 g/mol. The van der Waals surface area contributed by atoms with Gasteiger partial charge in [0, 0.05) is 12.7 Å². The molecule has 0 amide bonds. The van der Waals surface area contributed by atoms with E-state index in [1.54, 1.807) is 14.2 Å². The Hall–Kier alpha value is -1.06. The van der Waals surface area contributed by atoms with Gasteiger partial charge in [-0.05, 0) is 24.6 Å². The summed E-state index contributed by atoms with van der Waals surface area (Å²) in [5, 5.41) is 3.09. The third-order valence-electron chi connectivity index (χ3n) is 2.70. The largest absolute Gasteiger partial charge is 0.496 e. The highest BCUT2D eigenvalue weighted by Crippen LogP contribution is 2.29. The van der Waals surface area contributed by atoms with Gasteiger partial charge in [0.15, 0.2) is 0 Å². The van der Waals surface area contributed by atoms with Crippen molar-refractivity contribution in [3.05, 3.63) is 29.3 Å². The molecule has 0 aliphatic rings. The predicted octanol–water partition coefficient (Wildman–Crippen LogP) is 2.68. The van der Waals surface area contributed by atoms with Gasteiger partial charge in [0.25, 0.3) is 0 Å². The molecule has 1 rings (SSSR count). The Kier molecular flexibility index (Phi) is 4.77. The SMILES string of the molecule is CNC(OC)c1ccc(C(C)C)cc1OC. The lowest BCUT2D eigenvalue weighted by Crippen LogP contribution is -2.18. The minimum atomic E-state index is -0.129. The van der Waals surface area contributed by atoms with Crippen LogP contribution < -0.4 is 10.1 Å². The van der Waals surface area contributed by atoms with Gasteiger partial charge in [0.2, 0.25) is 0 Å². The van der Waals surface area contributed by atoms with Crippen molar-refractivity contribution in [2.45, 2.75) is 26.0 Å². The van der Waals surface area contributed by atoms with Gasteiger partial charge in [-0.1, -0.05) is 26.0 Å². The highest BCUT2D eigenvalue weighted by molar-refractivity contribution is 5.40. The molecule has 0 aliphatic heterocycles. The van der Waals surface area contributed by atoms with E-state index in [4.69, 9.17) is 9.47 Å². The van der Waals surface area contributed by atoms with E-state index in [9.17, 15) is 0 Å². The second-order valence-electron chi connectivity index (χ2n) is 4.06. The summed E-state index contributed by atoms with van der Waals surface area (Å²) in [6.07, 6.45) is -0.129. The summed E-state index contributed by atoms with van der Waals surface area (Å²) in [5.41, 5.74) is 2.29. The highest BCUT2D eigenvalue weighted by atomic mass is 16.5. The van der Waals surface area contributed by atoms with Gasteiger partial charge in [-0.3, -0.25) is 5.32 Å². The van der Waals surface area contributed by atoms with Crippen LogP contribution in [-0.2, 0) is 4.74 Å². The molecule has 1 N–H and O–H groups in total. The van der Waals surface area contributed by atoms with Crippen LogP contribution in [-0.4, -0.2) is 21.3 Å². The smallest absolute Gasteiger partial charge is 0.137 e. The van der Waals surface area contributed by atoms with Crippen molar-refractivity contribution in [2.24, 2.45) is 0 Å². The number of hydrogen-bond acceptors (Lipinski definition) is 3. The summed E-state index contributed by atoms with van der Waals surface area (Å²) < 4.78 is 10.7. The van der Waals surface area contributed by atoms with Gasteiger partial charge in [-0.15, -0.1) is 0 Å². The first kappa shape index (κ1) is 13.0. The maximum atomic E-state index is 5.40. The molecule has 0 saturated heterocycles. The van der Waals surface area contributed by atoms with Crippen LogP contribution in [0.2, 0.25) is 0 Å². The monoisotopic (exact) mass is 223 g/mol. The molecule has 0 aromatic heterocycles. The third kappa shape index (κ3) is 2.74. The predicted molar refractivity (Wildman–Crippen MR) is 65.9 cm³/mol. The molecule has 0 radical (unpaired) electrons. The Morgan fingerprint density at radius 1 is 1.19 bits per heavy atom. The Morgan fingerprint density at radius 2 is 1.88 bits per heavy atom. The molecule has 3 nitrogen and oxygen atoms in total. The molecule has 1 atom stereocenters. The fourth-order valence-corrected chi connectivity index (χ4v) is 1.70. The Bertz CT molecular complexity index is 333. The third-order valence-corrected chi connectivity index (χ3v) is 2.70. The fraction of sp³-hybridized carbons (Fsp3) is 0.538. The molecule has 1 aromatic rings. The molecule has 90 valence electrons. The van der Waals surface area contributed by atoms with Gasteiger partial charge < -0.3 is 9.47 Å². The molecule has 0 saturated carbocycles. The van der Waals surface area contributed by atoms with Gasteiger partial charge >= 0.3 is 0 Å². The zero-order valence-corrected chi connectivity index (χ0v) is 10.7. The lowest BCUT2D eigenvalue weighted by Gasteiger charge is -2.19. The van der Waals surface area contributed by atoms with Crippen LogP contribution in [0.5, 0.6) is 5.75 Å². The first-order chi connectivity index (χ1) is 7.63. The van der Waals surface area contributed by atoms with Crippen molar-refractivity contribution >= 4 is 0 Å². The lowest BCUT2D eigenvalue weighted by atomic mass is 10.0. The summed E-state index contributed by atoms with van der Waals surface area (Å²) in [7, 11) is 5.23. The molecule has 0 spiro atoms. The number of methoxy groups -OCH3 is 2. The van der Waals surface area contributed by atoms with Crippen LogP contribution in [0, 0.1) is 0 Å². The van der Waals surface area contributed by atoms with Crippen molar-refractivity contribution in [2.75, 3.05) is 21.3 Å². The topological polar surface area (TPSA) is 30.5 Å². The fourth-order valence-electron chi connectivity index (χ4n) is 1.70.